The molecule has 0 fully saturated rings. The van der Waals surface area contributed by atoms with E-state index in [1.54, 1.807) is 0 Å². The van der Waals surface area contributed by atoms with Crippen LogP contribution in [0.5, 0.6) is 5.75 Å². The summed E-state index contributed by atoms with van der Waals surface area (Å²) in [5.74, 6) is 0.963. The fourth-order valence-corrected chi connectivity index (χ4v) is 1.90. The van der Waals surface area contributed by atoms with Gasteiger partial charge in [0.1, 0.15) is 5.75 Å². The molecule has 1 heterocycles. The second-order valence-corrected chi connectivity index (χ2v) is 4.05. The summed E-state index contributed by atoms with van der Waals surface area (Å²) in [5.41, 5.74) is 7.79. The molecule has 16 heavy (non-hydrogen) atoms. The predicted octanol–water partition coefficient (Wildman–Crippen LogP) is 1.79. The summed E-state index contributed by atoms with van der Waals surface area (Å²) in [7, 11) is 0. The van der Waals surface area contributed by atoms with Crippen molar-refractivity contribution in [1.29, 1.82) is 0 Å². The second kappa shape index (κ2) is 5.03. The minimum atomic E-state index is 0.541. The van der Waals surface area contributed by atoms with Crippen molar-refractivity contribution < 1.29 is 4.74 Å². The number of ether oxygens (including phenoxy) is 1. The van der Waals surface area contributed by atoms with Crippen molar-refractivity contribution in [3.63, 3.8) is 0 Å². The number of fused-ring (bicyclic) bond motifs is 1. The van der Waals surface area contributed by atoms with Gasteiger partial charge in [-0.1, -0.05) is 18.7 Å². The Labute approximate surface area is 96.5 Å². The predicted molar refractivity (Wildman–Crippen MR) is 67.0 cm³/mol. The van der Waals surface area contributed by atoms with Crippen LogP contribution in [0, 0.1) is 0 Å². The summed E-state index contributed by atoms with van der Waals surface area (Å²) in [4.78, 5) is 2.29. The monoisotopic (exact) mass is 218 g/mol. The number of hydrogen-bond donors (Lipinski definition) is 1. The summed E-state index contributed by atoms with van der Waals surface area (Å²) in [6.45, 7) is 7.10. The van der Waals surface area contributed by atoms with Crippen LogP contribution in [0.15, 0.2) is 36.4 Å². The van der Waals surface area contributed by atoms with Gasteiger partial charge in [0.25, 0.3) is 0 Å². The van der Waals surface area contributed by atoms with Gasteiger partial charge in [0.05, 0.1) is 12.3 Å². The molecule has 0 aliphatic carbocycles. The van der Waals surface area contributed by atoms with Gasteiger partial charge >= 0.3 is 0 Å². The van der Waals surface area contributed by atoms with E-state index < -0.39 is 0 Å². The Morgan fingerprint density at radius 1 is 1.44 bits per heavy atom. The van der Waals surface area contributed by atoms with Gasteiger partial charge < -0.3 is 15.4 Å². The lowest BCUT2D eigenvalue weighted by Gasteiger charge is -2.24. The van der Waals surface area contributed by atoms with E-state index in [1.165, 1.54) is 0 Å². The lowest BCUT2D eigenvalue weighted by atomic mass is 10.2. The summed E-state index contributed by atoms with van der Waals surface area (Å²) < 4.78 is 5.69. The summed E-state index contributed by atoms with van der Waals surface area (Å²) >= 11 is 0. The summed E-state index contributed by atoms with van der Waals surface area (Å²) in [6, 6.07) is 8.13. The zero-order valence-corrected chi connectivity index (χ0v) is 9.48. The average Bonchev–Trinajstić information content (AvgIpc) is 2.52. The molecule has 0 amide bonds. The molecule has 0 aromatic heterocycles. The largest absolute Gasteiger partial charge is 0.491 e. The van der Waals surface area contributed by atoms with Gasteiger partial charge in [-0.3, -0.25) is 0 Å². The Morgan fingerprint density at radius 3 is 3.06 bits per heavy atom. The van der Waals surface area contributed by atoms with Gasteiger partial charge in [0, 0.05) is 19.6 Å². The maximum absolute atomic E-state index is 5.69. The maximum atomic E-state index is 5.69. The SMILES string of the molecule is C=C(CN)CN1CCCOc2ccccc21. The number of nitrogens with zero attached hydrogens (tertiary/aromatic N) is 1. The number of nitrogens with two attached hydrogens (primary N) is 1. The van der Waals surface area contributed by atoms with E-state index in [0.717, 1.165) is 43.1 Å². The molecule has 0 unspecified atom stereocenters. The van der Waals surface area contributed by atoms with E-state index in [0.29, 0.717) is 6.54 Å². The lowest BCUT2D eigenvalue weighted by molar-refractivity contribution is 0.322. The first-order chi connectivity index (χ1) is 7.81. The molecule has 2 N–H and O–H groups in total. The molecule has 0 saturated carbocycles. The van der Waals surface area contributed by atoms with Crippen LogP contribution in [0.1, 0.15) is 6.42 Å². The topological polar surface area (TPSA) is 38.5 Å². The molecule has 1 aromatic rings. The van der Waals surface area contributed by atoms with Crippen LogP contribution in [0.4, 0.5) is 5.69 Å². The maximum Gasteiger partial charge on any atom is 0.142 e. The van der Waals surface area contributed by atoms with Gasteiger partial charge in [0.15, 0.2) is 0 Å². The van der Waals surface area contributed by atoms with Crippen molar-refractivity contribution in [2.75, 3.05) is 31.1 Å². The summed E-state index contributed by atoms with van der Waals surface area (Å²) in [6.07, 6.45) is 1.03. The minimum Gasteiger partial charge on any atom is -0.491 e. The molecule has 3 heteroatoms. The van der Waals surface area contributed by atoms with Crippen LogP contribution in [-0.4, -0.2) is 26.2 Å². The molecule has 86 valence electrons. The van der Waals surface area contributed by atoms with Crippen molar-refractivity contribution >= 4 is 5.69 Å². The molecule has 0 saturated heterocycles. The molecular weight excluding hydrogens is 200 g/mol. The number of hydrogen-bond acceptors (Lipinski definition) is 3. The van der Waals surface area contributed by atoms with E-state index in [-0.39, 0.29) is 0 Å². The zero-order valence-electron chi connectivity index (χ0n) is 9.48. The van der Waals surface area contributed by atoms with E-state index in [1.807, 2.05) is 18.2 Å². The van der Waals surface area contributed by atoms with Crippen LogP contribution in [0.25, 0.3) is 0 Å². The van der Waals surface area contributed by atoms with E-state index in [2.05, 4.69) is 17.5 Å². The van der Waals surface area contributed by atoms with Gasteiger partial charge in [-0.2, -0.15) is 0 Å². The van der Waals surface area contributed by atoms with Crippen molar-refractivity contribution in [1.82, 2.24) is 0 Å². The second-order valence-electron chi connectivity index (χ2n) is 4.05. The minimum absolute atomic E-state index is 0.541. The van der Waals surface area contributed by atoms with Crippen molar-refractivity contribution in [2.24, 2.45) is 5.73 Å². The highest BCUT2D eigenvalue weighted by molar-refractivity contribution is 5.59. The fourth-order valence-electron chi connectivity index (χ4n) is 1.90. The standard InChI is InChI=1S/C13H18N2O/c1-11(9-14)10-15-7-4-8-16-13-6-3-2-5-12(13)15/h2-3,5-6H,1,4,7-10,14H2. The van der Waals surface area contributed by atoms with Crippen LogP contribution < -0.4 is 15.4 Å². The number of benzene rings is 1. The fraction of sp³-hybridized carbons (Fsp3) is 0.385. The molecular formula is C13H18N2O. The highest BCUT2D eigenvalue weighted by Crippen LogP contribution is 2.30. The van der Waals surface area contributed by atoms with E-state index in [9.17, 15) is 0 Å². The van der Waals surface area contributed by atoms with E-state index in [4.69, 9.17) is 10.5 Å². The van der Waals surface area contributed by atoms with Gasteiger partial charge in [-0.15, -0.1) is 0 Å². The molecule has 3 nitrogen and oxygen atoms in total. The van der Waals surface area contributed by atoms with Crippen molar-refractivity contribution in [3.8, 4) is 5.75 Å². The molecule has 0 spiro atoms. The molecule has 1 aliphatic rings. The first-order valence-corrected chi connectivity index (χ1v) is 5.65. The lowest BCUT2D eigenvalue weighted by Crippen LogP contribution is -2.28. The quantitative estimate of drug-likeness (QED) is 0.786. The number of para-hydroxylation sites is 2. The van der Waals surface area contributed by atoms with E-state index >= 15 is 0 Å². The van der Waals surface area contributed by atoms with Crippen LogP contribution in [-0.2, 0) is 0 Å². The Morgan fingerprint density at radius 2 is 2.25 bits per heavy atom. The molecule has 2 rings (SSSR count). The third kappa shape index (κ3) is 2.36. The molecule has 0 atom stereocenters. The Bertz CT molecular complexity index is 376. The number of rotatable bonds is 3. The molecule has 0 radical (unpaired) electrons. The Balaban J connectivity index is 2.22. The number of anilines is 1. The third-order valence-electron chi connectivity index (χ3n) is 2.74. The van der Waals surface area contributed by atoms with Crippen molar-refractivity contribution in [2.45, 2.75) is 6.42 Å². The summed E-state index contributed by atoms with van der Waals surface area (Å²) in [5, 5.41) is 0. The van der Waals surface area contributed by atoms with Gasteiger partial charge in [0.2, 0.25) is 0 Å². The van der Waals surface area contributed by atoms with Crippen molar-refractivity contribution in [3.05, 3.63) is 36.4 Å². The molecule has 1 aliphatic heterocycles. The zero-order chi connectivity index (χ0) is 11.4. The normalized spacial score (nSPS) is 14.9. The molecule has 0 bridgehead atoms. The first-order valence-electron chi connectivity index (χ1n) is 5.65. The smallest absolute Gasteiger partial charge is 0.142 e. The van der Waals surface area contributed by atoms with Crippen LogP contribution >= 0.6 is 0 Å². The first kappa shape index (κ1) is 11.0. The van der Waals surface area contributed by atoms with Gasteiger partial charge in [-0.25, -0.2) is 0 Å². The van der Waals surface area contributed by atoms with Crippen LogP contribution in [0.3, 0.4) is 0 Å². The molecule has 1 aromatic carbocycles. The Hall–Kier alpha value is -1.48. The highest BCUT2D eigenvalue weighted by atomic mass is 16.5. The third-order valence-corrected chi connectivity index (χ3v) is 2.74. The van der Waals surface area contributed by atoms with Crippen LogP contribution in [0.2, 0.25) is 0 Å². The average molecular weight is 218 g/mol. The Kier molecular flexibility index (Phi) is 3.47. The highest BCUT2D eigenvalue weighted by Gasteiger charge is 2.15. The van der Waals surface area contributed by atoms with Gasteiger partial charge in [-0.05, 0) is 24.1 Å².